The summed E-state index contributed by atoms with van der Waals surface area (Å²) < 4.78 is 6.05. The Kier molecular flexibility index (Phi) is 6.24. The molecule has 0 spiro atoms. The maximum atomic E-state index is 6.05. The molecule has 0 heterocycles. The van der Waals surface area contributed by atoms with E-state index in [4.69, 9.17) is 4.74 Å². The third-order valence-electron chi connectivity index (χ3n) is 5.84. The predicted molar refractivity (Wildman–Crippen MR) is 120 cm³/mol. The van der Waals surface area contributed by atoms with Crippen LogP contribution in [0.2, 0.25) is 0 Å². The Morgan fingerprint density at radius 2 is 1.68 bits per heavy atom. The van der Waals surface area contributed by atoms with E-state index in [1.807, 2.05) is 0 Å². The van der Waals surface area contributed by atoms with Crippen molar-refractivity contribution in [2.24, 2.45) is 5.92 Å². The largest absolute Gasteiger partial charge is 0.490 e. The van der Waals surface area contributed by atoms with E-state index in [2.05, 4.69) is 89.7 Å². The molecule has 3 rings (SSSR count). The Bertz CT molecular complexity index is 922. The molecule has 0 amide bonds. The van der Waals surface area contributed by atoms with Gasteiger partial charge >= 0.3 is 0 Å². The van der Waals surface area contributed by atoms with E-state index in [9.17, 15) is 0 Å². The highest BCUT2D eigenvalue weighted by Gasteiger charge is 2.20. The number of aryl methyl sites for hydroxylation is 2. The van der Waals surface area contributed by atoms with Crippen molar-refractivity contribution in [3.05, 3.63) is 94.3 Å². The van der Waals surface area contributed by atoms with Gasteiger partial charge in [0, 0.05) is 0 Å². The van der Waals surface area contributed by atoms with E-state index < -0.39 is 0 Å². The minimum Gasteiger partial charge on any atom is -0.490 e. The first-order chi connectivity index (χ1) is 13.4. The fourth-order valence-electron chi connectivity index (χ4n) is 4.30. The fourth-order valence-corrected chi connectivity index (χ4v) is 4.30. The normalized spacial score (nSPS) is 19.4. The van der Waals surface area contributed by atoms with Crippen molar-refractivity contribution in [3.63, 3.8) is 0 Å². The van der Waals surface area contributed by atoms with Crippen molar-refractivity contribution >= 4 is 0 Å². The topological polar surface area (TPSA) is 9.23 Å². The monoisotopic (exact) mass is 372 g/mol. The lowest BCUT2D eigenvalue weighted by atomic mass is 9.91. The van der Waals surface area contributed by atoms with Crippen LogP contribution in [-0.4, -0.2) is 0 Å². The van der Waals surface area contributed by atoms with Crippen LogP contribution in [0.25, 0.3) is 11.1 Å². The molecule has 0 bridgehead atoms. The molecule has 1 aliphatic rings. The molecule has 1 heteroatoms. The molecule has 0 radical (unpaired) electrons. The first kappa shape index (κ1) is 20.2. The molecular formula is C27H32O. The quantitative estimate of drug-likeness (QED) is 0.491. The first-order valence-corrected chi connectivity index (χ1v) is 10.2. The minimum atomic E-state index is 0.550. The van der Waals surface area contributed by atoms with Gasteiger partial charge < -0.3 is 4.74 Å². The van der Waals surface area contributed by atoms with E-state index in [0.717, 1.165) is 18.6 Å². The summed E-state index contributed by atoms with van der Waals surface area (Å²) in [4.78, 5) is 0. The molecular weight excluding hydrogens is 340 g/mol. The number of hydrogen-bond acceptors (Lipinski definition) is 1. The number of rotatable bonds is 5. The molecule has 1 aliphatic carbocycles. The number of benzene rings is 2. The molecule has 2 aromatic carbocycles. The summed E-state index contributed by atoms with van der Waals surface area (Å²) in [5.41, 5.74) is 10.6. The summed E-state index contributed by atoms with van der Waals surface area (Å²) in [6.45, 7) is 15.7. The molecule has 1 atom stereocenters. The van der Waals surface area contributed by atoms with Gasteiger partial charge in [0.1, 0.15) is 12.4 Å². The van der Waals surface area contributed by atoms with Crippen molar-refractivity contribution in [2.75, 3.05) is 0 Å². The van der Waals surface area contributed by atoms with Crippen LogP contribution in [0.15, 0.2) is 72.0 Å². The standard InChI is InChI=1S/C27H32O/c1-7-23-14-18(2)15-25(23)16-21(5)28-17-24-12-9-13-26(22(24)6)27-19(3)10-8-11-20(27)4/h7-13,16,18H,5,14-15,17H2,1-4,6H3/b23-7-,25-16-. The van der Waals surface area contributed by atoms with Crippen LogP contribution < -0.4 is 0 Å². The number of ether oxygens (including phenoxy) is 1. The summed E-state index contributed by atoms with van der Waals surface area (Å²) in [5, 5.41) is 0. The van der Waals surface area contributed by atoms with Gasteiger partial charge in [0.05, 0.1) is 0 Å². The molecule has 1 fully saturated rings. The lowest BCUT2D eigenvalue weighted by Crippen LogP contribution is -1.98. The van der Waals surface area contributed by atoms with Gasteiger partial charge in [-0.1, -0.05) is 56.0 Å². The molecule has 2 aromatic rings. The van der Waals surface area contributed by atoms with Gasteiger partial charge in [-0.15, -0.1) is 0 Å². The Morgan fingerprint density at radius 3 is 2.36 bits per heavy atom. The Hall–Kier alpha value is -2.54. The summed E-state index contributed by atoms with van der Waals surface area (Å²) in [7, 11) is 0. The zero-order valence-corrected chi connectivity index (χ0v) is 17.9. The zero-order valence-electron chi connectivity index (χ0n) is 17.9. The number of hydrogen-bond donors (Lipinski definition) is 0. The highest BCUT2D eigenvalue weighted by atomic mass is 16.5. The van der Waals surface area contributed by atoms with Crippen molar-refractivity contribution in [2.45, 2.75) is 54.1 Å². The summed E-state index contributed by atoms with van der Waals surface area (Å²) >= 11 is 0. The maximum absolute atomic E-state index is 6.05. The van der Waals surface area contributed by atoms with Gasteiger partial charge in [0.25, 0.3) is 0 Å². The summed E-state index contributed by atoms with van der Waals surface area (Å²) in [5.74, 6) is 1.46. The average Bonchev–Trinajstić information content (AvgIpc) is 3.01. The lowest BCUT2D eigenvalue weighted by molar-refractivity contribution is 0.212. The van der Waals surface area contributed by atoms with Crippen molar-refractivity contribution in [1.29, 1.82) is 0 Å². The van der Waals surface area contributed by atoms with E-state index >= 15 is 0 Å². The van der Waals surface area contributed by atoms with E-state index in [1.165, 1.54) is 44.5 Å². The molecule has 28 heavy (non-hydrogen) atoms. The van der Waals surface area contributed by atoms with Gasteiger partial charge in [0.2, 0.25) is 0 Å². The van der Waals surface area contributed by atoms with E-state index in [1.54, 1.807) is 0 Å². The van der Waals surface area contributed by atoms with Crippen molar-refractivity contribution < 1.29 is 4.74 Å². The molecule has 0 N–H and O–H groups in total. The smallest absolute Gasteiger partial charge is 0.114 e. The van der Waals surface area contributed by atoms with Crippen LogP contribution in [-0.2, 0) is 11.3 Å². The molecule has 1 saturated carbocycles. The Labute approximate surface area is 170 Å². The van der Waals surface area contributed by atoms with E-state index in [0.29, 0.717) is 12.5 Å². The maximum Gasteiger partial charge on any atom is 0.114 e. The van der Waals surface area contributed by atoms with Crippen molar-refractivity contribution in [3.8, 4) is 11.1 Å². The molecule has 1 unspecified atom stereocenters. The summed E-state index contributed by atoms with van der Waals surface area (Å²) in [6, 6.07) is 13.0. The molecule has 0 saturated heterocycles. The summed E-state index contributed by atoms with van der Waals surface area (Å²) in [6.07, 6.45) is 6.62. The van der Waals surface area contributed by atoms with E-state index in [-0.39, 0.29) is 0 Å². The molecule has 146 valence electrons. The van der Waals surface area contributed by atoms with Crippen molar-refractivity contribution in [1.82, 2.24) is 0 Å². The second-order valence-corrected chi connectivity index (χ2v) is 8.11. The second kappa shape index (κ2) is 8.65. The highest BCUT2D eigenvalue weighted by molar-refractivity contribution is 5.74. The first-order valence-electron chi connectivity index (χ1n) is 10.2. The highest BCUT2D eigenvalue weighted by Crippen LogP contribution is 2.36. The fraction of sp³-hybridized carbons (Fsp3) is 0.333. The van der Waals surface area contributed by atoms with Gasteiger partial charge in [-0.2, -0.15) is 0 Å². The predicted octanol–water partition coefficient (Wildman–Crippen LogP) is 7.61. The van der Waals surface area contributed by atoms with Crippen LogP contribution in [0, 0.1) is 26.7 Å². The molecule has 0 aliphatic heterocycles. The minimum absolute atomic E-state index is 0.550. The number of allylic oxidation sites excluding steroid dienone is 4. The van der Waals surface area contributed by atoms with Crippen LogP contribution in [0.3, 0.4) is 0 Å². The average molecular weight is 373 g/mol. The molecule has 1 nitrogen and oxygen atoms in total. The third-order valence-corrected chi connectivity index (χ3v) is 5.84. The van der Waals surface area contributed by atoms with Gasteiger partial charge in [-0.25, -0.2) is 0 Å². The Balaban J connectivity index is 1.78. The van der Waals surface area contributed by atoms with Gasteiger partial charge in [0.15, 0.2) is 0 Å². The molecule has 0 aromatic heterocycles. The SMILES string of the molecule is C=C(/C=C1/CC(C)C/C1=C/C)OCc1cccc(-c2c(C)cccc2C)c1C. The third kappa shape index (κ3) is 4.30. The van der Waals surface area contributed by atoms with Crippen LogP contribution in [0.1, 0.15) is 48.9 Å². The Morgan fingerprint density at radius 1 is 1.04 bits per heavy atom. The zero-order chi connectivity index (χ0) is 20.3. The van der Waals surface area contributed by atoms with Crippen LogP contribution in [0.4, 0.5) is 0 Å². The second-order valence-electron chi connectivity index (χ2n) is 8.11. The van der Waals surface area contributed by atoms with Crippen LogP contribution in [0.5, 0.6) is 0 Å². The van der Waals surface area contributed by atoms with Gasteiger partial charge in [-0.3, -0.25) is 0 Å². The lowest BCUT2D eigenvalue weighted by Gasteiger charge is -2.16. The van der Waals surface area contributed by atoms with Crippen LogP contribution >= 0.6 is 0 Å². The van der Waals surface area contributed by atoms with Gasteiger partial charge in [-0.05, 0) is 97.1 Å².